The Morgan fingerprint density at radius 1 is 1.41 bits per heavy atom. The predicted octanol–water partition coefficient (Wildman–Crippen LogP) is 0.757. The number of hydrogen-bond acceptors (Lipinski definition) is 4. The minimum Gasteiger partial charge on any atom is -0.497 e. The first-order valence-corrected chi connectivity index (χ1v) is 5.20. The van der Waals surface area contributed by atoms with Crippen LogP contribution < -0.4 is 9.64 Å². The highest BCUT2D eigenvalue weighted by atomic mass is 16.5. The molecule has 0 spiro atoms. The maximum atomic E-state index is 11.8. The molecule has 0 aromatic heterocycles. The summed E-state index contributed by atoms with van der Waals surface area (Å²) in [5, 5.41) is 0. The molecule has 0 fully saturated rings. The second kappa shape index (κ2) is 4.45. The van der Waals surface area contributed by atoms with Crippen molar-refractivity contribution in [3.8, 4) is 5.75 Å². The zero-order valence-electron chi connectivity index (χ0n) is 9.73. The van der Waals surface area contributed by atoms with Gasteiger partial charge in [-0.15, -0.1) is 0 Å². The molecule has 5 heteroatoms. The number of benzene rings is 1. The smallest absolute Gasteiger partial charge is 0.325 e. The second-order valence-electron chi connectivity index (χ2n) is 3.73. The van der Waals surface area contributed by atoms with E-state index < -0.39 is 5.97 Å². The van der Waals surface area contributed by atoms with Gasteiger partial charge in [-0.25, -0.2) is 0 Å². The lowest BCUT2D eigenvalue weighted by atomic mass is 10.1. The Hall–Kier alpha value is -2.04. The van der Waals surface area contributed by atoms with E-state index in [2.05, 4.69) is 4.74 Å². The third kappa shape index (κ3) is 2.08. The van der Waals surface area contributed by atoms with Gasteiger partial charge in [-0.1, -0.05) is 0 Å². The topological polar surface area (TPSA) is 55.8 Å². The van der Waals surface area contributed by atoms with Crippen LogP contribution in [0.1, 0.15) is 5.56 Å². The number of carbonyl (C=O) groups excluding carboxylic acids is 2. The molecule has 1 aliphatic rings. The number of esters is 1. The quantitative estimate of drug-likeness (QED) is 0.726. The standard InChI is InChI=1S/C12H13NO4/c1-16-9-3-4-10-8(5-9)6-11(14)13(10)7-12(15)17-2/h3-5H,6-7H2,1-2H3. The summed E-state index contributed by atoms with van der Waals surface area (Å²) in [5.41, 5.74) is 1.62. The van der Waals surface area contributed by atoms with Gasteiger partial charge < -0.3 is 14.4 Å². The van der Waals surface area contributed by atoms with Crippen molar-refractivity contribution in [1.82, 2.24) is 0 Å². The fourth-order valence-corrected chi connectivity index (χ4v) is 1.85. The lowest BCUT2D eigenvalue weighted by Gasteiger charge is -2.15. The van der Waals surface area contributed by atoms with Crippen molar-refractivity contribution in [1.29, 1.82) is 0 Å². The monoisotopic (exact) mass is 235 g/mol. The number of nitrogens with zero attached hydrogens (tertiary/aromatic N) is 1. The molecule has 0 bridgehead atoms. The highest BCUT2D eigenvalue weighted by Crippen LogP contribution is 2.31. The van der Waals surface area contributed by atoms with Crippen LogP contribution in [0.4, 0.5) is 5.69 Å². The molecule has 5 nitrogen and oxygen atoms in total. The summed E-state index contributed by atoms with van der Waals surface area (Å²) in [6, 6.07) is 5.36. The first-order valence-electron chi connectivity index (χ1n) is 5.20. The Morgan fingerprint density at radius 3 is 2.82 bits per heavy atom. The van der Waals surface area contributed by atoms with Gasteiger partial charge in [0.25, 0.3) is 0 Å². The van der Waals surface area contributed by atoms with Crippen molar-refractivity contribution < 1.29 is 19.1 Å². The fraction of sp³-hybridized carbons (Fsp3) is 0.333. The lowest BCUT2D eigenvalue weighted by Crippen LogP contribution is -2.33. The normalized spacial score (nSPS) is 13.5. The highest BCUT2D eigenvalue weighted by Gasteiger charge is 2.29. The van der Waals surface area contributed by atoms with E-state index in [0.29, 0.717) is 12.2 Å². The SMILES string of the molecule is COC(=O)CN1C(=O)Cc2cc(OC)ccc21. The van der Waals surface area contributed by atoms with Gasteiger partial charge in [0.1, 0.15) is 12.3 Å². The average molecular weight is 235 g/mol. The van der Waals surface area contributed by atoms with Crippen LogP contribution in [0.25, 0.3) is 0 Å². The van der Waals surface area contributed by atoms with Crippen molar-refractivity contribution in [3.63, 3.8) is 0 Å². The zero-order chi connectivity index (χ0) is 12.4. The molecule has 0 saturated carbocycles. The fourth-order valence-electron chi connectivity index (χ4n) is 1.85. The van der Waals surface area contributed by atoms with Crippen molar-refractivity contribution in [3.05, 3.63) is 23.8 Å². The van der Waals surface area contributed by atoms with Crippen LogP contribution in [0, 0.1) is 0 Å². The van der Waals surface area contributed by atoms with Crippen LogP contribution >= 0.6 is 0 Å². The van der Waals surface area contributed by atoms with Crippen molar-refractivity contribution in [2.75, 3.05) is 25.7 Å². The largest absolute Gasteiger partial charge is 0.497 e. The molecule has 0 aliphatic carbocycles. The third-order valence-electron chi connectivity index (χ3n) is 2.74. The summed E-state index contributed by atoms with van der Waals surface area (Å²) in [4.78, 5) is 24.4. The van der Waals surface area contributed by atoms with E-state index in [9.17, 15) is 9.59 Å². The van der Waals surface area contributed by atoms with E-state index in [0.717, 1.165) is 11.3 Å². The van der Waals surface area contributed by atoms with Crippen LogP contribution in [0.15, 0.2) is 18.2 Å². The van der Waals surface area contributed by atoms with Crippen LogP contribution in [0.3, 0.4) is 0 Å². The molecule has 1 aliphatic heterocycles. The molecule has 0 atom stereocenters. The summed E-state index contributed by atoms with van der Waals surface area (Å²) in [6.07, 6.45) is 0.295. The number of carbonyl (C=O) groups is 2. The molecule has 90 valence electrons. The predicted molar refractivity (Wildman–Crippen MR) is 61.1 cm³/mol. The molecule has 0 radical (unpaired) electrons. The van der Waals surface area contributed by atoms with E-state index in [-0.39, 0.29) is 12.5 Å². The molecule has 1 amide bonds. The van der Waals surface area contributed by atoms with Gasteiger partial charge in [0.2, 0.25) is 5.91 Å². The van der Waals surface area contributed by atoms with Gasteiger partial charge in [-0.2, -0.15) is 0 Å². The number of amides is 1. The number of anilines is 1. The number of fused-ring (bicyclic) bond motifs is 1. The molecule has 0 unspecified atom stereocenters. The van der Waals surface area contributed by atoms with Gasteiger partial charge in [-0.05, 0) is 23.8 Å². The van der Waals surface area contributed by atoms with Gasteiger partial charge in [0, 0.05) is 5.69 Å². The Bertz CT molecular complexity index is 470. The van der Waals surface area contributed by atoms with Crippen molar-refractivity contribution >= 4 is 17.6 Å². The number of rotatable bonds is 3. The molecule has 1 heterocycles. The number of ether oxygens (including phenoxy) is 2. The maximum absolute atomic E-state index is 11.8. The Balaban J connectivity index is 2.28. The minimum atomic E-state index is -0.429. The van der Waals surface area contributed by atoms with Crippen LogP contribution in [-0.4, -0.2) is 32.6 Å². The van der Waals surface area contributed by atoms with E-state index in [4.69, 9.17) is 4.74 Å². The molecule has 2 rings (SSSR count). The number of methoxy groups -OCH3 is 2. The van der Waals surface area contributed by atoms with Crippen LogP contribution in [-0.2, 0) is 20.7 Å². The maximum Gasteiger partial charge on any atom is 0.325 e. The first kappa shape index (κ1) is 11.4. The average Bonchev–Trinajstić information content (AvgIpc) is 2.64. The summed E-state index contributed by atoms with van der Waals surface area (Å²) in [5.74, 6) is 0.178. The first-order chi connectivity index (χ1) is 8.15. The molecular formula is C12H13NO4. The zero-order valence-corrected chi connectivity index (χ0v) is 9.73. The van der Waals surface area contributed by atoms with E-state index >= 15 is 0 Å². The summed E-state index contributed by atoms with van der Waals surface area (Å²) >= 11 is 0. The van der Waals surface area contributed by atoms with Gasteiger partial charge in [-0.3, -0.25) is 9.59 Å². The van der Waals surface area contributed by atoms with Crippen LogP contribution in [0.2, 0.25) is 0 Å². The molecule has 0 N–H and O–H groups in total. The Morgan fingerprint density at radius 2 is 2.18 bits per heavy atom. The van der Waals surface area contributed by atoms with E-state index in [1.165, 1.54) is 12.0 Å². The van der Waals surface area contributed by atoms with Crippen molar-refractivity contribution in [2.24, 2.45) is 0 Å². The third-order valence-corrected chi connectivity index (χ3v) is 2.74. The van der Waals surface area contributed by atoms with Gasteiger partial charge in [0.15, 0.2) is 0 Å². The molecule has 17 heavy (non-hydrogen) atoms. The van der Waals surface area contributed by atoms with Crippen molar-refractivity contribution in [2.45, 2.75) is 6.42 Å². The van der Waals surface area contributed by atoms with Gasteiger partial charge in [0.05, 0.1) is 20.6 Å². The molecule has 1 aromatic carbocycles. The minimum absolute atomic E-state index is 0.0470. The van der Waals surface area contributed by atoms with E-state index in [1.807, 2.05) is 6.07 Å². The number of hydrogen-bond donors (Lipinski definition) is 0. The highest BCUT2D eigenvalue weighted by molar-refractivity contribution is 6.04. The Kier molecular flexibility index (Phi) is 2.99. The second-order valence-corrected chi connectivity index (χ2v) is 3.73. The molecule has 0 saturated heterocycles. The molecular weight excluding hydrogens is 222 g/mol. The summed E-state index contributed by atoms with van der Waals surface area (Å²) in [7, 11) is 2.88. The summed E-state index contributed by atoms with van der Waals surface area (Å²) in [6.45, 7) is -0.0470. The van der Waals surface area contributed by atoms with Gasteiger partial charge >= 0.3 is 5.97 Å². The Labute approximate surface area is 98.9 Å². The van der Waals surface area contributed by atoms with Crippen LogP contribution in [0.5, 0.6) is 5.75 Å². The molecule has 1 aromatic rings. The van der Waals surface area contributed by atoms with E-state index in [1.54, 1.807) is 19.2 Å². The summed E-state index contributed by atoms with van der Waals surface area (Å²) < 4.78 is 9.65. The lowest BCUT2D eigenvalue weighted by molar-refractivity contribution is -0.139.